The maximum atomic E-state index is 12.4. The smallest absolute Gasteiger partial charge is 0.238 e. The molecule has 4 heteroatoms. The lowest BCUT2D eigenvalue weighted by molar-refractivity contribution is -0.117. The van der Waals surface area contributed by atoms with E-state index in [4.69, 9.17) is 0 Å². The van der Waals surface area contributed by atoms with Gasteiger partial charge in [-0.2, -0.15) is 0 Å². The summed E-state index contributed by atoms with van der Waals surface area (Å²) in [5, 5.41) is 3.07. The Balaban J connectivity index is 1.52. The Morgan fingerprint density at radius 1 is 1.17 bits per heavy atom. The highest BCUT2D eigenvalue weighted by Gasteiger charge is 2.27. The average molecular weight is 315 g/mol. The Bertz CT molecular complexity index is 552. The highest BCUT2D eigenvalue weighted by atomic mass is 16.2. The molecule has 3 rings (SSSR count). The largest absolute Gasteiger partial charge is 0.325 e. The van der Waals surface area contributed by atoms with Crippen LogP contribution in [0.1, 0.15) is 36.8 Å². The lowest BCUT2D eigenvalue weighted by Gasteiger charge is -2.37. The van der Waals surface area contributed by atoms with E-state index in [1.807, 2.05) is 19.1 Å². The second kappa shape index (κ2) is 7.45. The van der Waals surface area contributed by atoms with Crippen LogP contribution in [-0.2, 0) is 4.79 Å². The molecule has 2 aliphatic heterocycles. The van der Waals surface area contributed by atoms with Crippen molar-refractivity contribution in [3.05, 3.63) is 29.3 Å². The molecule has 23 heavy (non-hydrogen) atoms. The van der Waals surface area contributed by atoms with Crippen LogP contribution >= 0.6 is 0 Å². The summed E-state index contributed by atoms with van der Waals surface area (Å²) in [6.07, 6.45) is 5.17. The number of carbonyl (C=O) groups is 1. The van der Waals surface area contributed by atoms with Crippen LogP contribution in [0.5, 0.6) is 0 Å². The van der Waals surface area contributed by atoms with E-state index in [0.29, 0.717) is 12.6 Å². The van der Waals surface area contributed by atoms with Crippen molar-refractivity contribution >= 4 is 11.6 Å². The molecule has 2 aliphatic rings. The molecule has 2 fully saturated rings. The van der Waals surface area contributed by atoms with Gasteiger partial charge in [0.25, 0.3) is 0 Å². The number of carbonyl (C=O) groups excluding carboxylic acids is 1. The van der Waals surface area contributed by atoms with Gasteiger partial charge in [0.05, 0.1) is 6.54 Å². The molecule has 1 aromatic rings. The first kappa shape index (κ1) is 16.5. The summed E-state index contributed by atoms with van der Waals surface area (Å²) in [4.78, 5) is 17.3. The van der Waals surface area contributed by atoms with Gasteiger partial charge in [-0.1, -0.05) is 17.7 Å². The van der Waals surface area contributed by atoms with E-state index in [0.717, 1.165) is 24.3 Å². The molecule has 0 bridgehead atoms. The number of aryl methyl sites for hydroxylation is 2. The first-order chi connectivity index (χ1) is 11.1. The lowest BCUT2D eigenvalue weighted by Crippen LogP contribution is -2.48. The third kappa shape index (κ3) is 4.33. The number of nitrogens with zero attached hydrogens (tertiary/aromatic N) is 2. The van der Waals surface area contributed by atoms with Gasteiger partial charge in [0.1, 0.15) is 0 Å². The first-order valence-corrected chi connectivity index (χ1v) is 8.95. The summed E-state index contributed by atoms with van der Waals surface area (Å²) in [6, 6.07) is 6.82. The number of hydrogen-bond donors (Lipinski definition) is 1. The van der Waals surface area contributed by atoms with Gasteiger partial charge in [-0.15, -0.1) is 0 Å². The van der Waals surface area contributed by atoms with E-state index < -0.39 is 0 Å². The van der Waals surface area contributed by atoms with Gasteiger partial charge in [-0.25, -0.2) is 0 Å². The van der Waals surface area contributed by atoms with Crippen molar-refractivity contribution in [2.75, 3.05) is 38.0 Å². The SMILES string of the molecule is Cc1ccc(NC(=O)CN2CCCC(N3CCCC3)C2)c(C)c1. The van der Waals surface area contributed by atoms with Crippen LogP contribution in [0.25, 0.3) is 0 Å². The summed E-state index contributed by atoms with van der Waals surface area (Å²) in [5.41, 5.74) is 3.30. The number of hydrogen-bond acceptors (Lipinski definition) is 3. The quantitative estimate of drug-likeness (QED) is 0.928. The molecule has 4 nitrogen and oxygen atoms in total. The number of amides is 1. The zero-order valence-corrected chi connectivity index (χ0v) is 14.5. The number of nitrogens with one attached hydrogen (secondary N) is 1. The Kier molecular flexibility index (Phi) is 5.34. The van der Waals surface area contributed by atoms with Gasteiger partial charge in [0.15, 0.2) is 0 Å². The Morgan fingerprint density at radius 3 is 2.70 bits per heavy atom. The number of anilines is 1. The summed E-state index contributed by atoms with van der Waals surface area (Å²) in [5.74, 6) is 0.110. The van der Waals surface area contributed by atoms with Crippen LogP contribution in [0.4, 0.5) is 5.69 Å². The molecule has 0 aromatic heterocycles. The normalized spacial score (nSPS) is 23.1. The van der Waals surface area contributed by atoms with Gasteiger partial charge < -0.3 is 5.32 Å². The molecule has 1 N–H and O–H groups in total. The van der Waals surface area contributed by atoms with E-state index >= 15 is 0 Å². The molecule has 0 radical (unpaired) electrons. The van der Waals surface area contributed by atoms with Crippen LogP contribution < -0.4 is 5.32 Å². The van der Waals surface area contributed by atoms with Crippen molar-refractivity contribution in [2.24, 2.45) is 0 Å². The molecule has 2 heterocycles. The number of likely N-dealkylation sites (tertiary alicyclic amines) is 2. The maximum absolute atomic E-state index is 12.4. The maximum Gasteiger partial charge on any atom is 0.238 e. The van der Waals surface area contributed by atoms with Crippen LogP contribution in [0.3, 0.4) is 0 Å². The minimum Gasteiger partial charge on any atom is -0.325 e. The third-order valence-corrected chi connectivity index (χ3v) is 5.16. The van der Waals surface area contributed by atoms with Crippen molar-refractivity contribution in [3.8, 4) is 0 Å². The van der Waals surface area contributed by atoms with Crippen LogP contribution in [0.2, 0.25) is 0 Å². The second-order valence-corrected chi connectivity index (χ2v) is 7.14. The van der Waals surface area contributed by atoms with Crippen LogP contribution in [-0.4, -0.2) is 54.5 Å². The Labute approximate surface area is 139 Å². The topological polar surface area (TPSA) is 35.6 Å². The van der Waals surface area contributed by atoms with Crippen molar-refractivity contribution < 1.29 is 4.79 Å². The van der Waals surface area contributed by atoms with Crippen LogP contribution in [0.15, 0.2) is 18.2 Å². The number of rotatable bonds is 4. The summed E-state index contributed by atoms with van der Waals surface area (Å²) in [7, 11) is 0. The van der Waals surface area contributed by atoms with Crippen molar-refractivity contribution in [2.45, 2.75) is 45.6 Å². The lowest BCUT2D eigenvalue weighted by atomic mass is 10.0. The molecule has 2 saturated heterocycles. The van der Waals surface area contributed by atoms with Gasteiger partial charge in [0.2, 0.25) is 5.91 Å². The third-order valence-electron chi connectivity index (χ3n) is 5.16. The molecule has 126 valence electrons. The van der Waals surface area contributed by atoms with Gasteiger partial charge in [-0.05, 0) is 70.8 Å². The monoisotopic (exact) mass is 315 g/mol. The molecular weight excluding hydrogens is 286 g/mol. The van der Waals surface area contributed by atoms with E-state index in [2.05, 4.69) is 28.1 Å². The highest BCUT2D eigenvalue weighted by Crippen LogP contribution is 2.21. The molecule has 0 aliphatic carbocycles. The van der Waals surface area contributed by atoms with Gasteiger partial charge >= 0.3 is 0 Å². The fourth-order valence-corrected chi connectivity index (χ4v) is 3.93. The zero-order chi connectivity index (χ0) is 16.2. The highest BCUT2D eigenvalue weighted by molar-refractivity contribution is 5.93. The molecule has 0 spiro atoms. The van der Waals surface area contributed by atoms with E-state index in [1.54, 1.807) is 0 Å². The zero-order valence-electron chi connectivity index (χ0n) is 14.5. The number of piperidine rings is 1. The predicted octanol–water partition coefficient (Wildman–Crippen LogP) is 2.80. The van der Waals surface area contributed by atoms with Gasteiger partial charge in [0, 0.05) is 18.3 Å². The van der Waals surface area contributed by atoms with E-state index in [-0.39, 0.29) is 5.91 Å². The fourth-order valence-electron chi connectivity index (χ4n) is 3.93. The second-order valence-electron chi connectivity index (χ2n) is 7.14. The molecule has 1 atom stereocenters. The minimum absolute atomic E-state index is 0.110. The minimum atomic E-state index is 0.110. The standard InChI is InChI=1S/C19H29N3O/c1-15-7-8-18(16(2)12-15)20-19(23)14-21-9-5-6-17(13-21)22-10-3-4-11-22/h7-8,12,17H,3-6,9-11,13-14H2,1-2H3,(H,20,23). The Hall–Kier alpha value is -1.39. The fraction of sp³-hybridized carbons (Fsp3) is 0.632. The molecule has 1 aromatic carbocycles. The van der Waals surface area contributed by atoms with E-state index in [9.17, 15) is 4.79 Å². The molecule has 1 amide bonds. The van der Waals surface area contributed by atoms with Crippen LogP contribution in [0, 0.1) is 13.8 Å². The van der Waals surface area contributed by atoms with Crippen molar-refractivity contribution in [3.63, 3.8) is 0 Å². The van der Waals surface area contributed by atoms with E-state index in [1.165, 1.54) is 44.3 Å². The average Bonchev–Trinajstić information content (AvgIpc) is 3.05. The summed E-state index contributed by atoms with van der Waals surface area (Å²) in [6.45, 7) is 9.21. The van der Waals surface area contributed by atoms with Crippen molar-refractivity contribution in [1.82, 2.24) is 9.80 Å². The Morgan fingerprint density at radius 2 is 1.96 bits per heavy atom. The summed E-state index contributed by atoms with van der Waals surface area (Å²) < 4.78 is 0. The molecular formula is C19H29N3O. The first-order valence-electron chi connectivity index (χ1n) is 8.95. The predicted molar refractivity (Wildman–Crippen MR) is 94.8 cm³/mol. The molecule has 1 unspecified atom stereocenters. The van der Waals surface area contributed by atoms with Gasteiger partial charge in [-0.3, -0.25) is 14.6 Å². The summed E-state index contributed by atoms with van der Waals surface area (Å²) >= 11 is 0. The molecule has 0 saturated carbocycles. The van der Waals surface area contributed by atoms with Crippen molar-refractivity contribution in [1.29, 1.82) is 0 Å². The number of benzene rings is 1.